The Kier molecular flexibility index (Phi) is 5.88. The molecule has 1 atom stereocenters. The first kappa shape index (κ1) is 15.6. The molecule has 0 aliphatic rings. The number of thioether (sulfide) groups is 1. The average Bonchev–Trinajstić information content (AvgIpc) is 2.54. The fourth-order valence-electron chi connectivity index (χ4n) is 2.19. The summed E-state index contributed by atoms with van der Waals surface area (Å²) in [7, 11) is 0. The summed E-state index contributed by atoms with van der Waals surface area (Å²) in [6, 6.07) is 18.5. The van der Waals surface area contributed by atoms with Gasteiger partial charge in [0.15, 0.2) is 0 Å². The third-order valence-corrected chi connectivity index (χ3v) is 4.22. The fourth-order valence-corrected chi connectivity index (χ4v) is 2.60. The smallest absolute Gasteiger partial charge is 0.220 e. The minimum absolute atomic E-state index is 0.0455. The highest BCUT2D eigenvalue weighted by Crippen LogP contribution is 2.19. The van der Waals surface area contributed by atoms with Crippen LogP contribution in [0.2, 0.25) is 0 Å². The lowest BCUT2D eigenvalue weighted by Gasteiger charge is -2.14. The maximum Gasteiger partial charge on any atom is 0.220 e. The Hall–Kier alpha value is -1.74. The van der Waals surface area contributed by atoms with E-state index >= 15 is 0 Å². The van der Waals surface area contributed by atoms with Gasteiger partial charge in [-0.05, 0) is 42.9 Å². The van der Waals surface area contributed by atoms with E-state index in [0.717, 1.165) is 12.0 Å². The van der Waals surface area contributed by atoms with E-state index in [1.165, 1.54) is 10.5 Å². The molecule has 0 heterocycles. The van der Waals surface area contributed by atoms with Crippen molar-refractivity contribution in [2.24, 2.45) is 0 Å². The second kappa shape index (κ2) is 7.89. The van der Waals surface area contributed by atoms with Crippen LogP contribution in [0, 0.1) is 0 Å². The lowest BCUT2D eigenvalue weighted by Crippen LogP contribution is -2.26. The SMILES string of the molecule is CSc1ccc([C@H](C)NC(=O)CCc2ccccc2)cc1. The maximum absolute atomic E-state index is 12.0. The molecule has 0 bridgehead atoms. The molecule has 1 amide bonds. The van der Waals surface area contributed by atoms with Crippen LogP contribution in [0.25, 0.3) is 0 Å². The van der Waals surface area contributed by atoms with Crippen LogP contribution in [0.1, 0.15) is 30.5 Å². The molecule has 0 saturated heterocycles. The van der Waals surface area contributed by atoms with Crippen LogP contribution in [0.3, 0.4) is 0 Å². The van der Waals surface area contributed by atoms with Crippen molar-refractivity contribution in [2.75, 3.05) is 6.26 Å². The van der Waals surface area contributed by atoms with Gasteiger partial charge >= 0.3 is 0 Å². The van der Waals surface area contributed by atoms with E-state index in [0.29, 0.717) is 6.42 Å². The van der Waals surface area contributed by atoms with Crippen LogP contribution < -0.4 is 5.32 Å². The van der Waals surface area contributed by atoms with E-state index in [2.05, 4.69) is 48.0 Å². The molecular weight excluding hydrogens is 278 g/mol. The highest BCUT2D eigenvalue weighted by Gasteiger charge is 2.09. The van der Waals surface area contributed by atoms with Gasteiger partial charge in [-0.1, -0.05) is 42.5 Å². The Labute approximate surface area is 131 Å². The minimum atomic E-state index is 0.0455. The van der Waals surface area contributed by atoms with E-state index in [1.807, 2.05) is 25.1 Å². The molecule has 0 aliphatic carbocycles. The number of aryl methyl sites for hydroxylation is 1. The molecule has 2 aromatic carbocycles. The van der Waals surface area contributed by atoms with Gasteiger partial charge in [0.2, 0.25) is 5.91 Å². The Bertz CT molecular complexity index is 566. The van der Waals surface area contributed by atoms with Gasteiger partial charge in [0, 0.05) is 11.3 Å². The van der Waals surface area contributed by atoms with Crippen LogP contribution in [0.5, 0.6) is 0 Å². The summed E-state index contributed by atoms with van der Waals surface area (Å²) in [5.74, 6) is 0.0975. The van der Waals surface area contributed by atoms with Gasteiger partial charge in [-0.25, -0.2) is 0 Å². The monoisotopic (exact) mass is 299 g/mol. The van der Waals surface area contributed by atoms with Gasteiger partial charge in [0.25, 0.3) is 0 Å². The van der Waals surface area contributed by atoms with Gasteiger partial charge in [0.05, 0.1) is 6.04 Å². The van der Waals surface area contributed by atoms with Crippen LogP contribution in [-0.2, 0) is 11.2 Å². The van der Waals surface area contributed by atoms with Crippen molar-refractivity contribution in [1.29, 1.82) is 0 Å². The second-order valence-corrected chi connectivity index (χ2v) is 5.93. The van der Waals surface area contributed by atoms with Crippen molar-refractivity contribution < 1.29 is 4.79 Å². The van der Waals surface area contributed by atoms with Crippen molar-refractivity contribution in [3.63, 3.8) is 0 Å². The van der Waals surface area contributed by atoms with E-state index in [4.69, 9.17) is 0 Å². The second-order valence-electron chi connectivity index (χ2n) is 5.05. The Balaban J connectivity index is 1.83. The van der Waals surface area contributed by atoms with Crippen molar-refractivity contribution >= 4 is 17.7 Å². The van der Waals surface area contributed by atoms with Crippen LogP contribution in [0.4, 0.5) is 0 Å². The van der Waals surface area contributed by atoms with E-state index in [1.54, 1.807) is 11.8 Å². The summed E-state index contributed by atoms with van der Waals surface area (Å²) >= 11 is 1.72. The standard InChI is InChI=1S/C18H21NOS/c1-14(16-9-11-17(21-2)12-10-16)19-18(20)13-8-15-6-4-3-5-7-15/h3-7,9-12,14H,8,13H2,1-2H3,(H,19,20)/t14-/m0/s1. The summed E-state index contributed by atoms with van der Waals surface area (Å²) in [6.45, 7) is 2.02. The van der Waals surface area contributed by atoms with Crippen LogP contribution >= 0.6 is 11.8 Å². The molecule has 2 rings (SSSR count). The zero-order chi connectivity index (χ0) is 15.1. The van der Waals surface area contributed by atoms with E-state index in [-0.39, 0.29) is 11.9 Å². The van der Waals surface area contributed by atoms with Gasteiger partial charge in [-0.2, -0.15) is 0 Å². The molecule has 0 fully saturated rings. The van der Waals surface area contributed by atoms with Gasteiger partial charge in [-0.3, -0.25) is 4.79 Å². The predicted octanol–water partition coefficient (Wildman–Crippen LogP) is 4.22. The van der Waals surface area contributed by atoms with Crippen molar-refractivity contribution in [2.45, 2.75) is 30.7 Å². The molecule has 0 saturated carbocycles. The zero-order valence-electron chi connectivity index (χ0n) is 12.5. The lowest BCUT2D eigenvalue weighted by atomic mass is 10.1. The maximum atomic E-state index is 12.0. The molecule has 110 valence electrons. The lowest BCUT2D eigenvalue weighted by molar-refractivity contribution is -0.121. The molecule has 0 aromatic heterocycles. The Morgan fingerprint density at radius 1 is 1.10 bits per heavy atom. The fraction of sp³-hybridized carbons (Fsp3) is 0.278. The number of rotatable bonds is 6. The quantitative estimate of drug-likeness (QED) is 0.809. The first-order valence-corrected chi connectivity index (χ1v) is 8.39. The van der Waals surface area contributed by atoms with Crippen LogP contribution in [0.15, 0.2) is 59.5 Å². The largest absolute Gasteiger partial charge is 0.350 e. The summed E-state index contributed by atoms with van der Waals surface area (Å²) in [6.07, 6.45) is 3.37. The van der Waals surface area contributed by atoms with Gasteiger partial charge in [-0.15, -0.1) is 11.8 Å². The van der Waals surface area contributed by atoms with Crippen molar-refractivity contribution in [3.05, 3.63) is 65.7 Å². The average molecular weight is 299 g/mol. The van der Waals surface area contributed by atoms with E-state index in [9.17, 15) is 4.79 Å². The number of benzene rings is 2. The molecule has 2 nitrogen and oxygen atoms in total. The molecular formula is C18H21NOS. The zero-order valence-corrected chi connectivity index (χ0v) is 13.3. The van der Waals surface area contributed by atoms with E-state index < -0.39 is 0 Å². The third-order valence-electron chi connectivity index (χ3n) is 3.48. The predicted molar refractivity (Wildman–Crippen MR) is 89.5 cm³/mol. The third kappa shape index (κ3) is 4.94. The van der Waals surface area contributed by atoms with Gasteiger partial charge < -0.3 is 5.32 Å². The van der Waals surface area contributed by atoms with Crippen LogP contribution in [-0.4, -0.2) is 12.2 Å². The summed E-state index contributed by atoms with van der Waals surface area (Å²) < 4.78 is 0. The summed E-state index contributed by atoms with van der Waals surface area (Å²) in [4.78, 5) is 13.2. The molecule has 0 aliphatic heterocycles. The Morgan fingerprint density at radius 2 is 1.76 bits per heavy atom. The molecule has 1 N–H and O–H groups in total. The summed E-state index contributed by atoms with van der Waals surface area (Å²) in [5, 5.41) is 3.06. The number of nitrogens with one attached hydrogen (secondary N) is 1. The molecule has 21 heavy (non-hydrogen) atoms. The molecule has 0 unspecified atom stereocenters. The normalized spacial score (nSPS) is 11.9. The molecule has 0 spiro atoms. The van der Waals surface area contributed by atoms with Gasteiger partial charge in [0.1, 0.15) is 0 Å². The topological polar surface area (TPSA) is 29.1 Å². The highest BCUT2D eigenvalue weighted by atomic mass is 32.2. The number of amides is 1. The number of carbonyl (C=O) groups is 1. The number of hydrogen-bond acceptors (Lipinski definition) is 2. The number of hydrogen-bond donors (Lipinski definition) is 1. The summed E-state index contributed by atoms with van der Waals surface area (Å²) in [5.41, 5.74) is 2.34. The molecule has 0 radical (unpaired) electrons. The number of carbonyl (C=O) groups excluding carboxylic acids is 1. The van der Waals surface area contributed by atoms with Crippen molar-refractivity contribution in [3.8, 4) is 0 Å². The first-order valence-electron chi connectivity index (χ1n) is 7.16. The molecule has 2 aromatic rings. The Morgan fingerprint density at radius 3 is 2.38 bits per heavy atom. The molecule has 3 heteroatoms. The minimum Gasteiger partial charge on any atom is -0.350 e. The van der Waals surface area contributed by atoms with Crippen molar-refractivity contribution in [1.82, 2.24) is 5.32 Å². The highest BCUT2D eigenvalue weighted by molar-refractivity contribution is 7.98. The first-order chi connectivity index (χ1) is 10.2.